The Morgan fingerprint density at radius 2 is 1.88 bits per heavy atom. The van der Waals surface area contributed by atoms with E-state index in [2.05, 4.69) is 32.5 Å². The van der Waals surface area contributed by atoms with Crippen molar-refractivity contribution in [2.24, 2.45) is 5.92 Å². The number of aryl methyl sites for hydroxylation is 1. The minimum absolute atomic E-state index is 0.125. The zero-order valence-corrected chi connectivity index (χ0v) is 14.0. The minimum Gasteiger partial charge on any atom is -0.378 e. The summed E-state index contributed by atoms with van der Waals surface area (Å²) in [6.07, 6.45) is 1.74. The van der Waals surface area contributed by atoms with Crippen LogP contribution in [0.3, 0.4) is 0 Å². The molecule has 0 aliphatic carbocycles. The Balaban J connectivity index is 1.45. The van der Waals surface area contributed by atoms with Crippen LogP contribution < -0.4 is 4.90 Å². The summed E-state index contributed by atoms with van der Waals surface area (Å²) in [7, 11) is 0. The van der Waals surface area contributed by atoms with E-state index in [9.17, 15) is 4.79 Å². The van der Waals surface area contributed by atoms with Crippen molar-refractivity contribution in [1.29, 1.82) is 0 Å². The highest BCUT2D eigenvalue weighted by Crippen LogP contribution is 2.25. The van der Waals surface area contributed by atoms with E-state index in [1.54, 1.807) is 0 Å². The fourth-order valence-electron chi connectivity index (χ4n) is 3.66. The van der Waals surface area contributed by atoms with Crippen molar-refractivity contribution in [1.82, 2.24) is 19.5 Å². The van der Waals surface area contributed by atoms with Crippen molar-refractivity contribution in [2.75, 3.05) is 44.3 Å². The molecule has 4 heterocycles. The first-order valence-electron chi connectivity index (χ1n) is 8.66. The van der Waals surface area contributed by atoms with Crippen LogP contribution in [-0.2, 0) is 9.53 Å². The summed E-state index contributed by atoms with van der Waals surface area (Å²) in [4.78, 5) is 16.8. The Morgan fingerprint density at radius 1 is 1.12 bits per heavy atom. The molecule has 0 spiro atoms. The number of fused-ring (bicyclic) bond motifs is 1. The van der Waals surface area contributed by atoms with Crippen molar-refractivity contribution >= 4 is 17.5 Å². The van der Waals surface area contributed by atoms with Gasteiger partial charge in [-0.1, -0.05) is 6.07 Å². The molecule has 4 rings (SSSR count). The van der Waals surface area contributed by atoms with Crippen molar-refractivity contribution in [2.45, 2.75) is 19.8 Å². The second-order valence-electron chi connectivity index (χ2n) is 6.56. The molecular formula is C17H23N5O2. The van der Waals surface area contributed by atoms with Crippen LogP contribution in [0.4, 0.5) is 5.95 Å². The maximum atomic E-state index is 12.6. The van der Waals surface area contributed by atoms with Gasteiger partial charge in [-0.05, 0) is 31.9 Å². The van der Waals surface area contributed by atoms with Gasteiger partial charge in [-0.15, -0.1) is 10.2 Å². The smallest absolute Gasteiger partial charge is 0.231 e. The molecule has 0 N–H and O–H groups in total. The molecule has 2 aromatic heterocycles. The first-order valence-corrected chi connectivity index (χ1v) is 8.66. The zero-order chi connectivity index (χ0) is 16.5. The number of carbonyl (C=O) groups excluding carboxylic acids is 1. The molecule has 2 aliphatic rings. The molecule has 128 valence electrons. The number of amides is 1. The maximum absolute atomic E-state index is 12.6. The van der Waals surface area contributed by atoms with E-state index in [-0.39, 0.29) is 5.92 Å². The van der Waals surface area contributed by atoms with Crippen LogP contribution in [-0.4, -0.2) is 64.8 Å². The van der Waals surface area contributed by atoms with Gasteiger partial charge in [-0.2, -0.15) is 0 Å². The first-order chi connectivity index (χ1) is 11.7. The molecule has 2 aliphatic heterocycles. The topological polar surface area (TPSA) is 63.0 Å². The number of aromatic nitrogens is 3. The third kappa shape index (κ3) is 2.73. The molecule has 0 atom stereocenters. The van der Waals surface area contributed by atoms with E-state index in [1.807, 2.05) is 17.0 Å². The van der Waals surface area contributed by atoms with E-state index >= 15 is 0 Å². The SMILES string of the molecule is Cc1cccc2nnc(N3CCC(C(=O)N4CCOCC4)CC3)n12. The van der Waals surface area contributed by atoms with Gasteiger partial charge in [0.1, 0.15) is 0 Å². The number of rotatable bonds is 2. The highest BCUT2D eigenvalue weighted by molar-refractivity contribution is 5.79. The number of carbonyl (C=O) groups is 1. The molecule has 24 heavy (non-hydrogen) atoms. The van der Waals surface area contributed by atoms with Crippen molar-refractivity contribution in [3.63, 3.8) is 0 Å². The van der Waals surface area contributed by atoms with Gasteiger partial charge in [0.05, 0.1) is 13.2 Å². The van der Waals surface area contributed by atoms with Gasteiger partial charge in [-0.3, -0.25) is 9.20 Å². The molecule has 2 saturated heterocycles. The van der Waals surface area contributed by atoms with E-state index < -0.39 is 0 Å². The molecule has 2 aromatic rings. The van der Waals surface area contributed by atoms with Crippen LogP contribution in [0, 0.1) is 12.8 Å². The summed E-state index contributed by atoms with van der Waals surface area (Å²) in [5.74, 6) is 1.31. The molecular weight excluding hydrogens is 306 g/mol. The average Bonchev–Trinajstić information content (AvgIpc) is 3.07. The minimum atomic E-state index is 0.125. The number of hydrogen-bond acceptors (Lipinski definition) is 5. The van der Waals surface area contributed by atoms with E-state index in [1.165, 1.54) is 0 Å². The van der Waals surface area contributed by atoms with Gasteiger partial charge in [-0.25, -0.2) is 0 Å². The summed E-state index contributed by atoms with van der Waals surface area (Å²) in [6.45, 7) is 6.53. The number of anilines is 1. The molecule has 1 amide bonds. The fraction of sp³-hybridized carbons (Fsp3) is 0.588. The molecule has 0 radical (unpaired) electrons. The Morgan fingerprint density at radius 3 is 2.62 bits per heavy atom. The summed E-state index contributed by atoms with van der Waals surface area (Å²) >= 11 is 0. The summed E-state index contributed by atoms with van der Waals surface area (Å²) in [5.41, 5.74) is 2.00. The third-order valence-electron chi connectivity index (χ3n) is 5.06. The predicted octanol–water partition coefficient (Wildman–Crippen LogP) is 1.11. The number of piperidine rings is 1. The van der Waals surface area contributed by atoms with Crippen LogP contribution in [0.2, 0.25) is 0 Å². The van der Waals surface area contributed by atoms with Crippen molar-refractivity contribution in [3.8, 4) is 0 Å². The number of hydrogen-bond donors (Lipinski definition) is 0. The second kappa shape index (κ2) is 6.39. The zero-order valence-electron chi connectivity index (χ0n) is 14.0. The van der Waals surface area contributed by atoms with Crippen LogP contribution in [0.15, 0.2) is 18.2 Å². The Kier molecular flexibility index (Phi) is 4.10. The third-order valence-corrected chi connectivity index (χ3v) is 5.06. The molecule has 7 nitrogen and oxygen atoms in total. The predicted molar refractivity (Wildman–Crippen MR) is 90.1 cm³/mol. The highest BCUT2D eigenvalue weighted by Gasteiger charge is 2.30. The highest BCUT2D eigenvalue weighted by atomic mass is 16.5. The monoisotopic (exact) mass is 329 g/mol. The van der Waals surface area contributed by atoms with Gasteiger partial charge < -0.3 is 14.5 Å². The molecule has 2 fully saturated rings. The van der Waals surface area contributed by atoms with E-state index in [0.717, 1.165) is 56.3 Å². The Bertz CT molecular complexity index is 730. The molecule has 0 unspecified atom stereocenters. The summed E-state index contributed by atoms with van der Waals surface area (Å²) < 4.78 is 7.42. The lowest BCUT2D eigenvalue weighted by Gasteiger charge is -2.35. The van der Waals surface area contributed by atoms with E-state index in [4.69, 9.17) is 4.74 Å². The second-order valence-corrected chi connectivity index (χ2v) is 6.56. The lowest BCUT2D eigenvalue weighted by atomic mass is 9.95. The number of pyridine rings is 1. The molecule has 0 aromatic carbocycles. The molecule has 7 heteroatoms. The van der Waals surface area contributed by atoms with Crippen molar-refractivity contribution in [3.05, 3.63) is 23.9 Å². The molecule has 0 saturated carbocycles. The maximum Gasteiger partial charge on any atom is 0.231 e. The van der Waals surface area contributed by atoms with Crippen molar-refractivity contribution < 1.29 is 9.53 Å². The number of nitrogens with zero attached hydrogens (tertiary/aromatic N) is 5. The van der Waals surface area contributed by atoms with Crippen LogP contribution in [0.1, 0.15) is 18.5 Å². The van der Waals surface area contributed by atoms with Gasteiger partial charge in [0, 0.05) is 37.8 Å². The largest absolute Gasteiger partial charge is 0.378 e. The van der Waals surface area contributed by atoms with Gasteiger partial charge >= 0.3 is 0 Å². The first kappa shape index (κ1) is 15.4. The number of ether oxygens (including phenoxy) is 1. The lowest BCUT2D eigenvalue weighted by Crippen LogP contribution is -2.47. The van der Waals surface area contributed by atoms with Crippen LogP contribution >= 0.6 is 0 Å². The quantitative estimate of drug-likeness (QED) is 0.826. The van der Waals surface area contributed by atoms with Crippen LogP contribution in [0.5, 0.6) is 0 Å². The van der Waals surface area contributed by atoms with Crippen LogP contribution in [0.25, 0.3) is 5.65 Å². The Labute approximate surface area is 141 Å². The average molecular weight is 329 g/mol. The van der Waals surface area contributed by atoms with E-state index in [0.29, 0.717) is 19.1 Å². The number of morpholine rings is 1. The normalized spacial score (nSPS) is 19.9. The van der Waals surface area contributed by atoms with Gasteiger partial charge in [0.2, 0.25) is 11.9 Å². The summed E-state index contributed by atoms with van der Waals surface area (Å²) in [6, 6.07) is 6.03. The van der Waals surface area contributed by atoms with Gasteiger partial charge in [0.25, 0.3) is 0 Å². The summed E-state index contributed by atoms with van der Waals surface area (Å²) in [5, 5.41) is 8.63. The standard InChI is InChI=1S/C17H23N5O2/c1-13-3-2-4-15-18-19-17(22(13)15)21-7-5-14(6-8-21)16(23)20-9-11-24-12-10-20/h2-4,14H,5-12H2,1H3. The Hall–Kier alpha value is -2.15. The molecule has 0 bridgehead atoms. The fourth-order valence-corrected chi connectivity index (χ4v) is 3.66. The van der Waals surface area contributed by atoms with Gasteiger partial charge in [0.15, 0.2) is 5.65 Å². The lowest BCUT2D eigenvalue weighted by molar-refractivity contribution is -0.140.